The van der Waals surface area contributed by atoms with Crippen molar-refractivity contribution in [2.75, 3.05) is 12.0 Å². The molecule has 0 aromatic carbocycles. The van der Waals surface area contributed by atoms with E-state index in [1.807, 2.05) is 17.8 Å². The second kappa shape index (κ2) is 5.54. The first kappa shape index (κ1) is 13.1. The van der Waals surface area contributed by atoms with Gasteiger partial charge in [0.15, 0.2) is 10.4 Å². The molecule has 0 radical (unpaired) electrons. The molecule has 0 saturated heterocycles. The van der Waals surface area contributed by atoms with Crippen LogP contribution in [0.1, 0.15) is 6.92 Å². The lowest BCUT2D eigenvalue weighted by molar-refractivity contribution is 0.534. The zero-order chi connectivity index (χ0) is 12.4. The van der Waals surface area contributed by atoms with E-state index >= 15 is 0 Å². The molecule has 0 aliphatic heterocycles. The van der Waals surface area contributed by atoms with Crippen molar-refractivity contribution in [3.63, 3.8) is 0 Å². The third-order valence-corrected chi connectivity index (χ3v) is 4.18. The first-order valence-electron chi connectivity index (χ1n) is 5.35. The highest BCUT2D eigenvalue weighted by atomic mass is 79.9. The van der Waals surface area contributed by atoms with Gasteiger partial charge in [-0.15, -0.1) is 0 Å². The van der Waals surface area contributed by atoms with E-state index in [1.54, 1.807) is 6.20 Å². The Hall–Kier alpha value is -0.330. The van der Waals surface area contributed by atoms with E-state index in [-0.39, 0.29) is 0 Å². The fraction of sp³-hybridized carbons (Fsp3) is 0.455. The van der Waals surface area contributed by atoms with Crippen molar-refractivity contribution < 1.29 is 0 Å². The van der Waals surface area contributed by atoms with Crippen molar-refractivity contribution in [2.45, 2.75) is 13.5 Å². The largest absolute Gasteiger partial charge is 0.329 e. The van der Waals surface area contributed by atoms with Crippen LogP contribution >= 0.6 is 39.9 Å². The Balaban J connectivity index is 2.40. The zero-order valence-electron chi connectivity index (χ0n) is 9.74. The summed E-state index contributed by atoms with van der Waals surface area (Å²) in [7, 11) is 0. The number of imidazole rings is 1. The topological polar surface area (TPSA) is 33.6 Å². The van der Waals surface area contributed by atoms with Gasteiger partial charge in [-0.25, -0.2) is 4.98 Å². The molecule has 3 nitrogen and oxygen atoms in total. The van der Waals surface area contributed by atoms with Gasteiger partial charge in [0.25, 0.3) is 0 Å². The van der Waals surface area contributed by atoms with Crippen LogP contribution in [0.25, 0.3) is 11.2 Å². The minimum absolute atomic E-state index is 0.584. The number of halogens is 1. The molecule has 2 aromatic rings. The Morgan fingerprint density at radius 3 is 3.12 bits per heavy atom. The van der Waals surface area contributed by atoms with Crippen LogP contribution in [0.3, 0.4) is 0 Å². The molecule has 2 aromatic heterocycles. The normalized spacial score (nSPS) is 13.1. The number of nitrogens with one attached hydrogen (secondary N) is 1. The molecule has 17 heavy (non-hydrogen) atoms. The maximum atomic E-state index is 5.34. The first-order valence-corrected chi connectivity index (χ1v) is 7.94. The molecule has 0 spiro atoms. The minimum Gasteiger partial charge on any atom is -0.329 e. The summed E-state index contributed by atoms with van der Waals surface area (Å²) in [5, 5.41) is 0. The van der Waals surface area contributed by atoms with Crippen LogP contribution in [-0.2, 0) is 6.54 Å². The van der Waals surface area contributed by atoms with E-state index < -0.39 is 0 Å². The highest BCUT2D eigenvalue weighted by molar-refractivity contribution is 9.10. The fourth-order valence-electron chi connectivity index (χ4n) is 1.84. The smallest absolute Gasteiger partial charge is 0.179 e. The fourth-order valence-corrected chi connectivity index (χ4v) is 3.11. The number of hydrogen-bond donors (Lipinski definition) is 1. The summed E-state index contributed by atoms with van der Waals surface area (Å²) in [6.07, 6.45) is 3.93. The molecule has 0 saturated carbocycles. The van der Waals surface area contributed by atoms with Gasteiger partial charge in [-0.2, -0.15) is 11.8 Å². The van der Waals surface area contributed by atoms with Crippen molar-refractivity contribution in [1.29, 1.82) is 0 Å². The van der Waals surface area contributed by atoms with Gasteiger partial charge >= 0.3 is 0 Å². The maximum Gasteiger partial charge on any atom is 0.179 e. The molecular weight excluding hydrogens is 318 g/mol. The Morgan fingerprint density at radius 1 is 1.65 bits per heavy atom. The van der Waals surface area contributed by atoms with Crippen LogP contribution in [0, 0.1) is 10.7 Å². The highest BCUT2D eigenvalue weighted by Gasteiger charge is 2.09. The van der Waals surface area contributed by atoms with E-state index in [4.69, 9.17) is 12.2 Å². The van der Waals surface area contributed by atoms with Crippen LogP contribution < -0.4 is 0 Å². The Labute approximate surface area is 118 Å². The number of H-pyrrole nitrogens is 1. The lowest BCUT2D eigenvalue weighted by Gasteiger charge is -2.10. The van der Waals surface area contributed by atoms with Crippen LogP contribution in [0.2, 0.25) is 0 Å². The van der Waals surface area contributed by atoms with Crippen molar-refractivity contribution >= 4 is 51.1 Å². The number of fused-ring (bicyclic) bond motifs is 1. The standard InChI is InChI=1S/C11H14BrN3S2/c1-7(6-17-2)5-15-10-9(14-11(15)16)3-8(12)4-13-10/h3-4,7H,5-6H2,1-2H3,(H,14,16). The first-order chi connectivity index (χ1) is 8.11. The molecule has 0 fully saturated rings. The summed E-state index contributed by atoms with van der Waals surface area (Å²) in [6.45, 7) is 3.14. The van der Waals surface area contributed by atoms with Crippen molar-refractivity contribution in [3.05, 3.63) is 21.5 Å². The van der Waals surface area contributed by atoms with Gasteiger partial charge in [-0.3, -0.25) is 0 Å². The predicted octanol–water partition coefficient (Wildman–Crippen LogP) is 3.86. The summed E-state index contributed by atoms with van der Waals surface area (Å²) in [5.74, 6) is 1.71. The van der Waals surface area contributed by atoms with Crippen molar-refractivity contribution in [2.24, 2.45) is 5.92 Å². The van der Waals surface area contributed by atoms with Gasteiger partial charge in [0, 0.05) is 17.2 Å². The third kappa shape index (κ3) is 2.92. The summed E-state index contributed by atoms with van der Waals surface area (Å²) < 4.78 is 3.79. The predicted molar refractivity (Wildman–Crippen MR) is 80.2 cm³/mol. The van der Waals surface area contributed by atoms with Gasteiger partial charge < -0.3 is 9.55 Å². The average Bonchev–Trinajstić information content (AvgIpc) is 2.55. The third-order valence-electron chi connectivity index (χ3n) is 2.52. The Kier molecular flexibility index (Phi) is 4.27. The number of aromatic nitrogens is 3. The molecule has 0 aliphatic rings. The molecular formula is C11H14BrN3S2. The van der Waals surface area contributed by atoms with E-state index in [2.05, 4.69) is 43.6 Å². The van der Waals surface area contributed by atoms with Crippen LogP contribution in [0.15, 0.2) is 16.7 Å². The summed E-state index contributed by atoms with van der Waals surface area (Å²) >= 11 is 10.6. The van der Waals surface area contributed by atoms with Crippen LogP contribution in [0.5, 0.6) is 0 Å². The maximum absolute atomic E-state index is 5.34. The van der Waals surface area contributed by atoms with E-state index in [0.29, 0.717) is 5.92 Å². The minimum atomic E-state index is 0.584. The average molecular weight is 332 g/mol. The zero-order valence-corrected chi connectivity index (χ0v) is 13.0. The van der Waals surface area contributed by atoms with Gasteiger partial charge in [-0.05, 0) is 52.1 Å². The molecule has 6 heteroatoms. The molecule has 0 bridgehead atoms. The quantitative estimate of drug-likeness (QED) is 0.864. The lowest BCUT2D eigenvalue weighted by Crippen LogP contribution is -2.10. The van der Waals surface area contributed by atoms with Gasteiger partial charge in [0.2, 0.25) is 0 Å². The molecule has 2 rings (SSSR count). The number of rotatable bonds is 4. The number of aromatic amines is 1. The lowest BCUT2D eigenvalue weighted by atomic mass is 10.2. The second-order valence-corrected chi connectivity index (χ2v) is 6.34. The molecule has 1 atom stereocenters. The van der Waals surface area contributed by atoms with Gasteiger partial charge in [-0.1, -0.05) is 6.92 Å². The van der Waals surface area contributed by atoms with Gasteiger partial charge in [0.1, 0.15) is 0 Å². The molecule has 0 aliphatic carbocycles. The Bertz CT molecular complexity index is 576. The molecule has 1 N–H and O–H groups in total. The summed E-state index contributed by atoms with van der Waals surface area (Å²) in [4.78, 5) is 7.62. The summed E-state index contributed by atoms with van der Waals surface area (Å²) in [6, 6.07) is 2.01. The number of thioether (sulfide) groups is 1. The van der Waals surface area contributed by atoms with E-state index in [9.17, 15) is 0 Å². The summed E-state index contributed by atoms with van der Waals surface area (Å²) in [5.41, 5.74) is 1.92. The molecule has 1 unspecified atom stereocenters. The number of pyridine rings is 1. The van der Waals surface area contributed by atoms with Crippen LogP contribution in [-0.4, -0.2) is 26.5 Å². The van der Waals surface area contributed by atoms with Crippen molar-refractivity contribution in [3.8, 4) is 0 Å². The molecule has 2 heterocycles. The van der Waals surface area contributed by atoms with Crippen LogP contribution in [0.4, 0.5) is 0 Å². The monoisotopic (exact) mass is 331 g/mol. The van der Waals surface area contributed by atoms with E-state index in [0.717, 1.165) is 32.7 Å². The number of nitrogens with zero attached hydrogens (tertiary/aromatic N) is 2. The van der Waals surface area contributed by atoms with E-state index in [1.165, 1.54) is 0 Å². The highest BCUT2D eigenvalue weighted by Crippen LogP contribution is 2.18. The van der Waals surface area contributed by atoms with Gasteiger partial charge in [0.05, 0.1) is 5.52 Å². The van der Waals surface area contributed by atoms with Crippen molar-refractivity contribution in [1.82, 2.24) is 14.5 Å². The second-order valence-electron chi connectivity index (χ2n) is 4.13. The molecule has 92 valence electrons. The molecule has 0 amide bonds. The SMILES string of the molecule is CSCC(C)Cn1c(=S)[nH]c2cc(Br)cnc21. The number of hydrogen-bond acceptors (Lipinski definition) is 3. The Morgan fingerprint density at radius 2 is 2.41 bits per heavy atom.